The van der Waals surface area contributed by atoms with Gasteiger partial charge >= 0.3 is 17.8 Å². The van der Waals surface area contributed by atoms with Gasteiger partial charge < -0.3 is 0 Å². The van der Waals surface area contributed by atoms with Crippen LogP contribution in [0.4, 0.5) is 35.1 Å². The molecule has 0 bridgehead atoms. The van der Waals surface area contributed by atoms with Crippen molar-refractivity contribution in [1.29, 1.82) is 0 Å². The molecule has 0 amide bonds. The van der Waals surface area contributed by atoms with Crippen molar-refractivity contribution >= 4 is 33.8 Å². The van der Waals surface area contributed by atoms with Crippen LogP contribution in [0.5, 0.6) is 0 Å². The maximum atomic E-state index is 15.3. The number of hydrogen-bond acceptors (Lipinski definition) is 2. The van der Waals surface area contributed by atoms with Crippen molar-refractivity contribution in [3.8, 4) is 20.9 Å². The average molecular weight is 557 g/mol. The van der Waals surface area contributed by atoms with Crippen molar-refractivity contribution in [3.63, 3.8) is 0 Å². The van der Waals surface area contributed by atoms with Crippen LogP contribution in [0.3, 0.4) is 0 Å². The summed E-state index contributed by atoms with van der Waals surface area (Å²) in [7, 11) is 0. The van der Waals surface area contributed by atoms with Crippen molar-refractivity contribution in [3.05, 3.63) is 93.2 Å². The summed E-state index contributed by atoms with van der Waals surface area (Å²) in [6, 6.07) is 12.9. The molecule has 192 valence electrons. The molecule has 10 heteroatoms. The van der Waals surface area contributed by atoms with Crippen LogP contribution in [-0.2, 0) is 0 Å². The third kappa shape index (κ3) is 3.67. The summed E-state index contributed by atoms with van der Waals surface area (Å²) >= 11 is 1.66. The molecule has 1 aliphatic rings. The number of thiophene rings is 2. The first-order valence-corrected chi connectivity index (χ1v) is 12.5. The third-order valence-corrected chi connectivity index (χ3v) is 8.49. The van der Waals surface area contributed by atoms with Crippen LogP contribution < -0.4 is 0 Å². The molecule has 0 atom stereocenters. The van der Waals surface area contributed by atoms with Gasteiger partial charge in [0.05, 0.1) is 0 Å². The Balaban J connectivity index is 1.80. The van der Waals surface area contributed by atoms with E-state index in [9.17, 15) is 17.6 Å². The van der Waals surface area contributed by atoms with E-state index in [1.54, 1.807) is 0 Å². The standard InChI is InChI=1S/C27H16F8S2/c1-13-17(11-21(36-13)15-7-3-5-9-19(15)28)23-24(26(32,33)27(34,35)25(23,30)31)18-12-22(37-14(18)2)16-8-4-6-10-20(16)29/h3-12H,1-2H3. The summed E-state index contributed by atoms with van der Waals surface area (Å²) in [5, 5.41) is 0. The molecule has 2 aromatic carbocycles. The molecule has 37 heavy (non-hydrogen) atoms. The van der Waals surface area contributed by atoms with E-state index < -0.39 is 51.7 Å². The second-order valence-corrected chi connectivity index (χ2v) is 11.1. The van der Waals surface area contributed by atoms with Gasteiger partial charge in [0.25, 0.3) is 0 Å². The Morgan fingerprint density at radius 2 is 0.892 bits per heavy atom. The first-order valence-electron chi connectivity index (χ1n) is 10.9. The number of aryl methyl sites for hydroxylation is 2. The van der Waals surface area contributed by atoms with Crippen LogP contribution in [0.2, 0.25) is 0 Å². The summed E-state index contributed by atoms with van der Waals surface area (Å²) in [5.41, 5.74) is -4.01. The Morgan fingerprint density at radius 3 is 1.24 bits per heavy atom. The Kier molecular flexibility index (Phi) is 5.91. The van der Waals surface area contributed by atoms with E-state index >= 15 is 17.6 Å². The zero-order valence-electron chi connectivity index (χ0n) is 19.1. The first-order chi connectivity index (χ1) is 17.3. The minimum Gasteiger partial charge on any atom is -0.206 e. The quantitative estimate of drug-likeness (QED) is 0.220. The lowest BCUT2D eigenvalue weighted by Gasteiger charge is -2.25. The zero-order chi connectivity index (χ0) is 26.9. The smallest absolute Gasteiger partial charge is 0.206 e. The minimum atomic E-state index is -5.73. The van der Waals surface area contributed by atoms with Gasteiger partial charge in [-0.25, -0.2) is 8.78 Å². The number of hydrogen-bond donors (Lipinski definition) is 0. The fourth-order valence-electron chi connectivity index (χ4n) is 4.48. The Hall–Kier alpha value is -2.98. The van der Waals surface area contributed by atoms with Gasteiger partial charge in [0.1, 0.15) is 11.6 Å². The van der Waals surface area contributed by atoms with Crippen LogP contribution >= 0.6 is 22.7 Å². The molecule has 0 aliphatic heterocycles. The second-order valence-electron chi connectivity index (χ2n) is 8.59. The van der Waals surface area contributed by atoms with E-state index in [-0.39, 0.29) is 30.6 Å². The molecule has 0 N–H and O–H groups in total. The van der Waals surface area contributed by atoms with Crippen molar-refractivity contribution < 1.29 is 35.1 Å². The molecule has 5 rings (SSSR count). The van der Waals surface area contributed by atoms with Crippen LogP contribution in [0.15, 0.2) is 60.7 Å². The summed E-state index contributed by atoms with van der Waals surface area (Å²) in [6.45, 7) is 2.65. The highest BCUT2D eigenvalue weighted by Crippen LogP contribution is 2.66. The van der Waals surface area contributed by atoms with E-state index in [1.165, 1.54) is 50.2 Å². The van der Waals surface area contributed by atoms with Gasteiger partial charge in [-0.1, -0.05) is 36.4 Å². The molecular weight excluding hydrogens is 540 g/mol. The highest BCUT2D eigenvalue weighted by Gasteiger charge is 2.80. The summed E-state index contributed by atoms with van der Waals surface area (Å²) in [6.07, 6.45) is 0. The van der Waals surface area contributed by atoms with Crippen molar-refractivity contribution in [1.82, 2.24) is 0 Å². The van der Waals surface area contributed by atoms with Gasteiger partial charge in [0.2, 0.25) is 0 Å². The highest BCUT2D eigenvalue weighted by atomic mass is 32.1. The summed E-state index contributed by atoms with van der Waals surface area (Å²) < 4.78 is 119. The number of alkyl halides is 6. The number of allylic oxidation sites excluding steroid dienone is 2. The number of benzene rings is 2. The van der Waals surface area contributed by atoms with Crippen molar-refractivity contribution in [2.24, 2.45) is 0 Å². The maximum absolute atomic E-state index is 15.3. The minimum absolute atomic E-state index is 0.0254. The lowest BCUT2D eigenvalue weighted by molar-refractivity contribution is -0.254. The summed E-state index contributed by atoms with van der Waals surface area (Å²) in [4.78, 5) is 0.337. The summed E-state index contributed by atoms with van der Waals surface area (Å²) in [5.74, 6) is -17.6. The predicted octanol–water partition coefficient (Wildman–Crippen LogP) is 9.87. The molecule has 0 unspecified atom stereocenters. The number of rotatable bonds is 4. The molecule has 4 aromatic rings. The van der Waals surface area contributed by atoms with Crippen LogP contribution in [0, 0.1) is 25.5 Å². The van der Waals surface area contributed by atoms with Crippen molar-refractivity contribution in [2.45, 2.75) is 31.6 Å². The van der Waals surface area contributed by atoms with Crippen LogP contribution in [0.25, 0.3) is 32.0 Å². The zero-order valence-corrected chi connectivity index (χ0v) is 20.7. The number of halogens is 8. The van der Waals surface area contributed by atoms with Gasteiger partial charge in [-0.3, -0.25) is 0 Å². The van der Waals surface area contributed by atoms with Gasteiger partial charge in [-0.15, -0.1) is 22.7 Å². The highest BCUT2D eigenvalue weighted by molar-refractivity contribution is 7.16. The molecule has 2 heterocycles. The van der Waals surface area contributed by atoms with Crippen LogP contribution in [0.1, 0.15) is 20.9 Å². The fraction of sp³-hybridized carbons (Fsp3) is 0.185. The Bertz CT molecular complexity index is 1440. The van der Waals surface area contributed by atoms with E-state index in [2.05, 4.69) is 0 Å². The second kappa shape index (κ2) is 8.52. The molecule has 0 saturated carbocycles. The van der Waals surface area contributed by atoms with Crippen molar-refractivity contribution in [2.75, 3.05) is 0 Å². The molecule has 0 fully saturated rings. The average Bonchev–Trinajstić information content (AvgIpc) is 3.41. The van der Waals surface area contributed by atoms with Crippen LogP contribution in [-0.4, -0.2) is 17.8 Å². The lowest BCUT2D eigenvalue weighted by Crippen LogP contribution is -2.48. The maximum Gasteiger partial charge on any atom is 0.380 e. The van der Waals surface area contributed by atoms with E-state index in [1.807, 2.05) is 0 Å². The molecule has 0 saturated heterocycles. The molecule has 0 radical (unpaired) electrons. The lowest BCUT2D eigenvalue weighted by atomic mass is 9.94. The SMILES string of the molecule is Cc1sc(-c2ccccc2F)cc1C1=C(c2cc(-c3ccccc3F)sc2C)C(F)(F)C(F)(F)C1(F)F. The molecule has 0 spiro atoms. The normalized spacial score (nSPS) is 18.0. The van der Waals surface area contributed by atoms with Gasteiger partial charge in [-0.2, -0.15) is 26.3 Å². The first kappa shape index (κ1) is 25.7. The Morgan fingerprint density at radius 1 is 0.541 bits per heavy atom. The fourth-order valence-corrected chi connectivity index (χ4v) is 6.59. The third-order valence-electron chi connectivity index (χ3n) is 6.32. The molecular formula is C27H16F8S2. The van der Waals surface area contributed by atoms with E-state index in [4.69, 9.17) is 0 Å². The van der Waals surface area contributed by atoms with Gasteiger partial charge in [0.15, 0.2) is 0 Å². The molecule has 2 aromatic heterocycles. The largest absolute Gasteiger partial charge is 0.380 e. The topological polar surface area (TPSA) is 0 Å². The van der Waals surface area contributed by atoms with Gasteiger partial charge in [-0.05, 0) is 49.2 Å². The predicted molar refractivity (Wildman–Crippen MR) is 131 cm³/mol. The van der Waals surface area contributed by atoms with Gasteiger partial charge in [0, 0.05) is 41.8 Å². The Labute approximate surface area is 214 Å². The van der Waals surface area contributed by atoms with E-state index in [0.29, 0.717) is 0 Å². The monoisotopic (exact) mass is 556 g/mol. The molecule has 1 aliphatic carbocycles. The van der Waals surface area contributed by atoms with E-state index in [0.717, 1.165) is 46.9 Å². The molecule has 0 nitrogen and oxygen atoms in total.